The van der Waals surface area contributed by atoms with E-state index >= 15 is 0 Å². The van der Waals surface area contributed by atoms with E-state index in [1.807, 2.05) is 0 Å². The number of nitrogens with zero attached hydrogens (tertiary/aromatic N) is 2. The van der Waals surface area contributed by atoms with Crippen LogP contribution in [-0.2, 0) is 19.6 Å². The average Bonchev–Trinajstić information content (AvgIpc) is 3.34. The number of ether oxygens (including phenoxy) is 1. The largest absolute Gasteiger partial charge is 0.368 e. The van der Waals surface area contributed by atoms with Crippen LogP contribution in [0.2, 0.25) is 0 Å². The van der Waals surface area contributed by atoms with Crippen molar-refractivity contribution in [2.75, 3.05) is 37.5 Å². The summed E-state index contributed by atoms with van der Waals surface area (Å²) in [5.41, 5.74) is 0.714. The minimum atomic E-state index is -3.86. The van der Waals surface area contributed by atoms with Crippen molar-refractivity contribution in [3.05, 3.63) is 59.9 Å². The smallest absolute Gasteiger partial charge is 0.261 e. The number of hydrogen-bond donors (Lipinski definition) is 1. The van der Waals surface area contributed by atoms with Crippen LogP contribution >= 0.6 is 0 Å². The van der Waals surface area contributed by atoms with Crippen LogP contribution in [0, 0.1) is 5.82 Å². The maximum atomic E-state index is 13.0. The zero-order chi connectivity index (χ0) is 22.7. The lowest BCUT2D eigenvalue weighted by molar-refractivity contribution is -0.142. The van der Waals surface area contributed by atoms with Crippen LogP contribution in [0.4, 0.5) is 10.1 Å². The Morgan fingerprint density at radius 1 is 0.938 bits per heavy atom. The predicted molar refractivity (Wildman–Crippen MR) is 115 cm³/mol. The molecule has 1 N–H and O–H groups in total. The van der Waals surface area contributed by atoms with E-state index in [-0.39, 0.29) is 28.5 Å². The monoisotopic (exact) mass is 461 g/mol. The molecule has 0 aliphatic carbocycles. The first-order chi connectivity index (χ1) is 15.3. The van der Waals surface area contributed by atoms with Crippen molar-refractivity contribution >= 4 is 27.5 Å². The molecule has 2 aliphatic rings. The number of sulfonamides is 1. The first kappa shape index (κ1) is 22.2. The van der Waals surface area contributed by atoms with Gasteiger partial charge in [0.05, 0.1) is 4.90 Å². The number of hydrogen-bond acceptors (Lipinski definition) is 5. The fraction of sp³-hybridized carbons (Fsp3) is 0.364. The van der Waals surface area contributed by atoms with Gasteiger partial charge < -0.3 is 14.5 Å². The molecule has 2 aliphatic heterocycles. The number of carbonyl (C=O) groups is 2. The summed E-state index contributed by atoms with van der Waals surface area (Å²) in [6.45, 7) is 2.39. The van der Waals surface area contributed by atoms with Crippen LogP contribution in [0.5, 0.6) is 0 Å². The van der Waals surface area contributed by atoms with Gasteiger partial charge in [-0.05, 0) is 61.4 Å². The number of benzene rings is 2. The number of piperazine rings is 1. The normalized spacial score (nSPS) is 19.1. The Kier molecular flexibility index (Phi) is 6.43. The van der Waals surface area contributed by atoms with Gasteiger partial charge in [-0.25, -0.2) is 12.8 Å². The molecule has 4 rings (SSSR count). The first-order valence-corrected chi connectivity index (χ1v) is 11.9. The van der Waals surface area contributed by atoms with E-state index in [9.17, 15) is 22.4 Å². The SMILES string of the molecule is O=C(c1ccc(NS(=O)(=O)c2ccc(F)cc2)cc1)N1CCN(C(=O)C2CCCO2)CC1. The summed E-state index contributed by atoms with van der Waals surface area (Å²) in [6, 6.07) is 10.6. The molecule has 1 atom stereocenters. The third-order valence-corrected chi connectivity index (χ3v) is 6.99. The minimum Gasteiger partial charge on any atom is -0.368 e. The zero-order valence-corrected chi connectivity index (χ0v) is 18.2. The Balaban J connectivity index is 1.34. The molecule has 2 heterocycles. The van der Waals surface area contributed by atoms with Crippen molar-refractivity contribution in [1.29, 1.82) is 0 Å². The number of amides is 2. The second-order valence-corrected chi connectivity index (χ2v) is 9.44. The molecular weight excluding hydrogens is 437 g/mol. The quantitative estimate of drug-likeness (QED) is 0.736. The zero-order valence-electron chi connectivity index (χ0n) is 17.4. The highest BCUT2D eigenvalue weighted by molar-refractivity contribution is 7.92. The Hall–Kier alpha value is -2.98. The van der Waals surface area contributed by atoms with Gasteiger partial charge in [0.15, 0.2) is 0 Å². The highest BCUT2D eigenvalue weighted by Gasteiger charge is 2.31. The summed E-state index contributed by atoms with van der Waals surface area (Å²) in [5.74, 6) is -0.710. The molecule has 2 fully saturated rings. The summed E-state index contributed by atoms with van der Waals surface area (Å²) in [6.07, 6.45) is 1.28. The molecular formula is C22H24FN3O5S. The number of nitrogens with one attached hydrogen (secondary N) is 1. The van der Waals surface area contributed by atoms with E-state index in [0.29, 0.717) is 38.3 Å². The summed E-state index contributed by atoms with van der Waals surface area (Å²) in [5, 5.41) is 0. The molecule has 1 unspecified atom stereocenters. The number of halogens is 1. The molecule has 0 spiro atoms. The van der Waals surface area contributed by atoms with Crippen LogP contribution in [0.25, 0.3) is 0 Å². The number of anilines is 1. The molecule has 170 valence electrons. The fourth-order valence-electron chi connectivity index (χ4n) is 3.80. The molecule has 8 nitrogen and oxygen atoms in total. The highest BCUT2D eigenvalue weighted by atomic mass is 32.2. The Morgan fingerprint density at radius 3 is 2.16 bits per heavy atom. The van der Waals surface area contributed by atoms with Crippen molar-refractivity contribution < 1.29 is 27.1 Å². The summed E-state index contributed by atoms with van der Waals surface area (Å²) in [7, 11) is -3.86. The van der Waals surface area contributed by atoms with Crippen LogP contribution in [0.3, 0.4) is 0 Å². The van der Waals surface area contributed by atoms with E-state index < -0.39 is 15.8 Å². The molecule has 2 saturated heterocycles. The molecule has 0 radical (unpaired) electrons. The van der Waals surface area contributed by atoms with E-state index in [1.165, 1.54) is 24.3 Å². The topological polar surface area (TPSA) is 96.0 Å². The predicted octanol–water partition coefficient (Wildman–Crippen LogP) is 2.09. The van der Waals surface area contributed by atoms with E-state index in [0.717, 1.165) is 25.0 Å². The maximum absolute atomic E-state index is 13.0. The highest BCUT2D eigenvalue weighted by Crippen LogP contribution is 2.19. The molecule has 0 aromatic heterocycles. The molecule has 32 heavy (non-hydrogen) atoms. The first-order valence-electron chi connectivity index (χ1n) is 10.4. The van der Waals surface area contributed by atoms with Crippen molar-refractivity contribution in [3.63, 3.8) is 0 Å². The van der Waals surface area contributed by atoms with Crippen LogP contribution < -0.4 is 4.72 Å². The van der Waals surface area contributed by atoms with Gasteiger partial charge in [-0.3, -0.25) is 14.3 Å². The number of rotatable bonds is 5. The van der Waals surface area contributed by atoms with E-state index in [4.69, 9.17) is 4.74 Å². The van der Waals surface area contributed by atoms with Gasteiger partial charge in [0.25, 0.3) is 21.8 Å². The molecule has 2 aromatic carbocycles. The number of carbonyl (C=O) groups excluding carboxylic acids is 2. The lowest BCUT2D eigenvalue weighted by Crippen LogP contribution is -2.52. The second kappa shape index (κ2) is 9.25. The lowest BCUT2D eigenvalue weighted by Gasteiger charge is -2.35. The average molecular weight is 462 g/mol. The fourth-order valence-corrected chi connectivity index (χ4v) is 4.86. The molecule has 0 bridgehead atoms. The van der Waals surface area contributed by atoms with Crippen molar-refractivity contribution in [2.45, 2.75) is 23.8 Å². The molecule has 2 aromatic rings. The van der Waals surface area contributed by atoms with E-state index in [1.54, 1.807) is 21.9 Å². The third kappa shape index (κ3) is 4.91. The second-order valence-electron chi connectivity index (χ2n) is 7.76. The summed E-state index contributed by atoms with van der Waals surface area (Å²) < 4.78 is 45.7. The van der Waals surface area contributed by atoms with Gasteiger partial charge in [0.2, 0.25) is 0 Å². The Bertz CT molecular complexity index is 1080. The van der Waals surface area contributed by atoms with Crippen LogP contribution in [-0.4, -0.2) is 68.9 Å². The summed E-state index contributed by atoms with van der Waals surface area (Å²) >= 11 is 0. The lowest BCUT2D eigenvalue weighted by atomic mass is 10.1. The Labute approximate surface area is 186 Å². The molecule has 10 heteroatoms. The van der Waals surface area contributed by atoms with Gasteiger partial charge in [0, 0.05) is 44.0 Å². The molecule has 0 saturated carbocycles. The van der Waals surface area contributed by atoms with Crippen molar-refractivity contribution in [1.82, 2.24) is 9.80 Å². The van der Waals surface area contributed by atoms with Gasteiger partial charge in [-0.2, -0.15) is 0 Å². The van der Waals surface area contributed by atoms with E-state index in [2.05, 4.69) is 4.72 Å². The third-order valence-electron chi connectivity index (χ3n) is 5.59. The van der Waals surface area contributed by atoms with Gasteiger partial charge in [-0.1, -0.05) is 0 Å². The maximum Gasteiger partial charge on any atom is 0.261 e. The van der Waals surface area contributed by atoms with Gasteiger partial charge in [-0.15, -0.1) is 0 Å². The standard InChI is InChI=1S/C22H24FN3O5S/c23-17-5-9-19(10-6-17)32(29,30)24-18-7-3-16(4-8-18)21(27)25-11-13-26(14-12-25)22(28)20-2-1-15-31-20/h3-10,20,24H,1-2,11-15H2. The van der Waals surface area contributed by atoms with Crippen molar-refractivity contribution in [2.24, 2.45) is 0 Å². The van der Waals surface area contributed by atoms with Gasteiger partial charge >= 0.3 is 0 Å². The minimum absolute atomic E-state index is 0.00705. The summed E-state index contributed by atoms with van der Waals surface area (Å²) in [4.78, 5) is 28.6. The molecule has 2 amide bonds. The Morgan fingerprint density at radius 2 is 1.56 bits per heavy atom. The van der Waals surface area contributed by atoms with Crippen LogP contribution in [0.1, 0.15) is 23.2 Å². The van der Waals surface area contributed by atoms with Gasteiger partial charge in [0.1, 0.15) is 11.9 Å². The van der Waals surface area contributed by atoms with Crippen LogP contribution in [0.15, 0.2) is 53.4 Å². The van der Waals surface area contributed by atoms with Crippen molar-refractivity contribution in [3.8, 4) is 0 Å².